The molecule has 1 rings (SSSR count). The maximum Gasteiger partial charge on any atom is 0.0446 e. The minimum atomic E-state index is 0.203. The first-order valence-corrected chi connectivity index (χ1v) is 7.32. The Hall–Kier alpha value is -0.120. The molecule has 0 aromatic carbocycles. The first-order chi connectivity index (χ1) is 8.25. The van der Waals surface area contributed by atoms with Crippen molar-refractivity contribution in [1.82, 2.24) is 10.2 Å². The molecule has 2 N–H and O–H groups in total. The molecular weight excluding hydrogens is 224 g/mol. The fourth-order valence-corrected chi connectivity index (χ4v) is 2.93. The Labute approximate surface area is 113 Å². The zero-order chi connectivity index (χ0) is 13.9. The van der Waals surface area contributed by atoms with E-state index >= 15 is 0 Å². The number of hydrogen-bond donors (Lipinski definition) is 2. The summed E-state index contributed by atoms with van der Waals surface area (Å²) in [4.78, 5) is 2.45. The van der Waals surface area contributed by atoms with E-state index < -0.39 is 0 Å². The first kappa shape index (κ1) is 15.9. The molecule has 1 saturated heterocycles. The van der Waals surface area contributed by atoms with E-state index in [2.05, 4.69) is 51.9 Å². The van der Waals surface area contributed by atoms with Gasteiger partial charge in [0.25, 0.3) is 0 Å². The van der Waals surface area contributed by atoms with E-state index in [1.54, 1.807) is 0 Å². The van der Waals surface area contributed by atoms with Crippen molar-refractivity contribution in [1.29, 1.82) is 0 Å². The van der Waals surface area contributed by atoms with Gasteiger partial charge in [0, 0.05) is 31.3 Å². The molecule has 4 unspecified atom stereocenters. The highest BCUT2D eigenvalue weighted by atomic mass is 16.3. The third kappa shape index (κ3) is 4.22. The van der Waals surface area contributed by atoms with Crippen LogP contribution in [0.3, 0.4) is 0 Å². The fraction of sp³-hybridized carbons (Fsp3) is 1.00. The van der Waals surface area contributed by atoms with Crippen LogP contribution >= 0.6 is 0 Å². The Bertz CT molecular complexity index is 249. The Morgan fingerprint density at radius 1 is 1.33 bits per heavy atom. The molecule has 0 bridgehead atoms. The quantitative estimate of drug-likeness (QED) is 0.808. The number of aliphatic hydroxyl groups is 1. The van der Waals surface area contributed by atoms with Crippen molar-refractivity contribution in [2.75, 3.05) is 20.2 Å². The number of nitrogens with zero attached hydrogens (tertiary/aromatic N) is 1. The highest BCUT2D eigenvalue weighted by Gasteiger charge is 2.33. The van der Waals surface area contributed by atoms with Crippen molar-refractivity contribution in [2.24, 2.45) is 11.3 Å². The minimum absolute atomic E-state index is 0.203. The Balaban J connectivity index is 2.63. The monoisotopic (exact) mass is 256 g/mol. The van der Waals surface area contributed by atoms with Crippen molar-refractivity contribution in [3.05, 3.63) is 0 Å². The maximum absolute atomic E-state index is 9.24. The van der Waals surface area contributed by atoms with Gasteiger partial charge in [0.15, 0.2) is 0 Å². The molecule has 0 radical (unpaired) electrons. The molecule has 1 heterocycles. The molecule has 0 aromatic heterocycles. The van der Waals surface area contributed by atoms with Crippen LogP contribution in [0.4, 0.5) is 0 Å². The fourth-order valence-electron chi connectivity index (χ4n) is 2.93. The Morgan fingerprint density at radius 3 is 2.44 bits per heavy atom. The van der Waals surface area contributed by atoms with E-state index in [4.69, 9.17) is 0 Å². The summed E-state index contributed by atoms with van der Waals surface area (Å²) in [7, 11) is 2.21. The number of rotatable bonds is 4. The molecule has 4 atom stereocenters. The SMILES string of the molecule is CC1CN(C)C(C)CC1NC(CCO)C(C)(C)C. The van der Waals surface area contributed by atoms with Gasteiger partial charge in [-0.25, -0.2) is 0 Å². The van der Waals surface area contributed by atoms with Crippen LogP contribution in [0.15, 0.2) is 0 Å². The van der Waals surface area contributed by atoms with Gasteiger partial charge in [-0.3, -0.25) is 0 Å². The van der Waals surface area contributed by atoms with Crippen LogP contribution < -0.4 is 5.32 Å². The largest absolute Gasteiger partial charge is 0.396 e. The summed E-state index contributed by atoms with van der Waals surface area (Å²) in [6, 6.07) is 1.62. The topological polar surface area (TPSA) is 35.5 Å². The van der Waals surface area contributed by atoms with E-state index in [1.807, 2.05) is 0 Å². The van der Waals surface area contributed by atoms with Crippen LogP contribution in [0.2, 0.25) is 0 Å². The first-order valence-electron chi connectivity index (χ1n) is 7.32. The lowest BCUT2D eigenvalue weighted by molar-refractivity contribution is 0.0942. The Kier molecular flexibility index (Phi) is 5.63. The minimum Gasteiger partial charge on any atom is -0.396 e. The molecule has 0 saturated carbocycles. The maximum atomic E-state index is 9.24. The summed E-state index contributed by atoms with van der Waals surface area (Å²) in [5.41, 5.74) is 0.203. The second-order valence-corrected chi connectivity index (χ2v) is 7.21. The van der Waals surface area contributed by atoms with Crippen molar-refractivity contribution < 1.29 is 5.11 Å². The zero-order valence-corrected chi connectivity index (χ0v) is 13.0. The summed E-state index contributed by atoms with van der Waals surface area (Å²) in [6.45, 7) is 12.8. The zero-order valence-electron chi connectivity index (χ0n) is 13.0. The number of piperidine rings is 1. The predicted octanol–water partition coefficient (Wildman–Crippen LogP) is 2.10. The molecule has 1 fully saturated rings. The number of hydrogen-bond acceptors (Lipinski definition) is 3. The van der Waals surface area contributed by atoms with Gasteiger partial charge in [-0.1, -0.05) is 27.7 Å². The lowest BCUT2D eigenvalue weighted by Gasteiger charge is -2.44. The second kappa shape index (κ2) is 6.36. The molecule has 1 aliphatic rings. The summed E-state index contributed by atoms with van der Waals surface area (Å²) in [6.07, 6.45) is 2.05. The van der Waals surface area contributed by atoms with Gasteiger partial charge in [-0.15, -0.1) is 0 Å². The summed E-state index contributed by atoms with van der Waals surface area (Å²) in [5, 5.41) is 13.1. The van der Waals surface area contributed by atoms with Crippen LogP contribution in [0.1, 0.15) is 47.5 Å². The molecule has 18 heavy (non-hydrogen) atoms. The van der Waals surface area contributed by atoms with Gasteiger partial charge in [0.1, 0.15) is 0 Å². The van der Waals surface area contributed by atoms with E-state index in [0.717, 1.165) is 13.0 Å². The van der Waals surface area contributed by atoms with Crippen LogP contribution in [-0.4, -0.2) is 48.3 Å². The molecule has 0 spiro atoms. The molecule has 0 aliphatic carbocycles. The van der Waals surface area contributed by atoms with Gasteiger partial charge < -0.3 is 15.3 Å². The molecule has 0 aromatic rings. The lowest BCUT2D eigenvalue weighted by atomic mass is 9.82. The van der Waals surface area contributed by atoms with E-state index in [1.165, 1.54) is 6.42 Å². The van der Waals surface area contributed by atoms with Crippen molar-refractivity contribution >= 4 is 0 Å². The smallest absolute Gasteiger partial charge is 0.0446 e. The van der Waals surface area contributed by atoms with Crippen LogP contribution in [0.25, 0.3) is 0 Å². The Morgan fingerprint density at radius 2 is 1.94 bits per heavy atom. The summed E-state index contributed by atoms with van der Waals surface area (Å²) < 4.78 is 0. The highest BCUT2D eigenvalue weighted by molar-refractivity contribution is 4.91. The number of aliphatic hydroxyl groups excluding tert-OH is 1. The molecule has 1 aliphatic heterocycles. The average molecular weight is 256 g/mol. The van der Waals surface area contributed by atoms with Crippen LogP contribution in [0, 0.1) is 11.3 Å². The van der Waals surface area contributed by atoms with Crippen LogP contribution in [0.5, 0.6) is 0 Å². The standard InChI is InChI=1S/C15H32N2O/c1-11-10-17(6)12(2)9-13(11)16-14(7-8-18)15(3,4)5/h11-14,16,18H,7-10H2,1-6H3. The normalized spacial score (nSPS) is 32.5. The van der Waals surface area contributed by atoms with Crippen molar-refractivity contribution in [3.63, 3.8) is 0 Å². The summed E-state index contributed by atoms with van der Waals surface area (Å²) in [5.74, 6) is 0.676. The molecule has 108 valence electrons. The van der Waals surface area contributed by atoms with E-state index in [9.17, 15) is 5.11 Å². The summed E-state index contributed by atoms with van der Waals surface area (Å²) >= 11 is 0. The van der Waals surface area contributed by atoms with Crippen molar-refractivity contribution in [3.8, 4) is 0 Å². The van der Waals surface area contributed by atoms with E-state index in [-0.39, 0.29) is 12.0 Å². The van der Waals surface area contributed by atoms with Gasteiger partial charge >= 0.3 is 0 Å². The highest BCUT2D eigenvalue weighted by Crippen LogP contribution is 2.26. The molecule has 0 amide bonds. The van der Waals surface area contributed by atoms with Crippen molar-refractivity contribution in [2.45, 2.75) is 65.6 Å². The lowest BCUT2D eigenvalue weighted by Crippen LogP contribution is -2.55. The molecule has 3 heteroatoms. The van der Waals surface area contributed by atoms with E-state index in [0.29, 0.717) is 24.0 Å². The van der Waals surface area contributed by atoms with Gasteiger partial charge in [-0.05, 0) is 38.1 Å². The second-order valence-electron chi connectivity index (χ2n) is 7.21. The number of nitrogens with one attached hydrogen (secondary N) is 1. The third-order valence-electron chi connectivity index (χ3n) is 4.49. The molecular formula is C15H32N2O. The average Bonchev–Trinajstić information content (AvgIpc) is 2.23. The molecule has 3 nitrogen and oxygen atoms in total. The van der Waals surface area contributed by atoms with Gasteiger partial charge in [0.2, 0.25) is 0 Å². The number of likely N-dealkylation sites (tertiary alicyclic amines) is 1. The van der Waals surface area contributed by atoms with Gasteiger partial charge in [-0.2, -0.15) is 0 Å². The third-order valence-corrected chi connectivity index (χ3v) is 4.49. The van der Waals surface area contributed by atoms with Gasteiger partial charge in [0.05, 0.1) is 0 Å². The predicted molar refractivity (Wildman–Crippen MR) is 77.7 cm³/mol. The van der Waals surface area contributed by atoms with Crippen LogP contribution in [-0.2, 0) is 0 Å².